The quantitative estimate of drug-likeness (QED) is 0.422. The SMILES string of the molecule is CCc1sc(CC)c2nc3c(nc12)-c1cccc2cccc-3c12. The number of thiophene rings is 1. The van der Waals surface area contributed by atoms with Crippen molar-refractivity contribution in [1.82, 2.24) is 9.97 Å². The zero-order valence-corrected chi connectivity index (χ0v) is 14.0. The van der Waals surface area contributed by atoms with Crippen LogP contribution in [0.15, 0.2) is 36.4 Å². The number of aryl methyl sites for hydroxylation is 2. The maximum absolute atomic E-state index is 5.08. The third kappa shape index (κ3) is 1.63. The Balaban J connectivity index is 1.95. The molecule has 2 aromatic heterocycles. The number of benzene rings is 2. The average molecular weight is 316 g/mol. The molecule has 23 heavy (non-hydrogen) atoms. The molecule has 2 aromatic carbocycles. The highest BCUT2D eigenvalue weighted by atomic mass is 32.1. The highest BCUT2D eigenvalue weighted by Gasteiger charge is 2.26. The predicted molar refractivity (Wildman–Crippen MR) is 98.1 cm³/mol. The number of aromatic nitrogens is 2. The summed E-state index contributed by atoms with van der Waals surface area (Å²) in [5.74, 6) is 0. The summed E-state index contributed by atoms with van der Waals surface area (Å²) in [6.07, 6.45) is 2.04. The topological polar surface area (TPSA) is 25.8 Å². The van der Waals surface area contributed by atoms with Crippen LogP contribution in [0.1, 0.15) is 23.6 Å². The molecule has 1 aliphatic rings. The van der Waals surface area contributed by atoms with Crippen LogP contribution in [0.3, 0.4) is 0 Å². The molecule has 4 aromatic rings. The first-order chi connectivity index (χ1) is 11.3. The maximum Gasteiger partial charge on any atom is 0.104 e. The fourth-order valence-corrected chi connectivity index (χ4v) is 4.72. The Hall–Kier alpha value is -2.26. The molecule has 0 N–H and O–H groups in total. The molecule has 112 valence electrons. The Morgan fingerprint density at radius 2 is 1.30 bits per heavy atom. The van der Waals surface area contributed by atoms with Crippen molar-refractivity contribution in [2.24, 2.45) is 0 Å². The van der Waals surface area contributed by atoms with E-state index in [1.54, 1.807) is 0 Å². The van der Waals surface area contributed by atoms with Crippen LogP contribution in [0.25, 0.3) is 44.3 Å². The Labute approximate surface area is 138 Å². The smallest absolute Gasteiger partial charge is 0.104 e. The summed E-state index contributed by atoms with van der Waals surface area (Å²) >= 11 is 1.87. The van der Waals surface area contributed by atoms with Gasteiger partial charge in [-0.25, -0.2) is 9.97 Å². The predicted octanol–water partition coefficient (Wildman–Crippen LogP) is 5.62. The highest BCUT2D eigenvalue weighted by Crippen LogP contribution is 2.46. The molecule has 0 radical (unpaired) electrons. The van der Waals surface area contributed by atoms with Gasteiger partial charge < -0.3 is 0 Å². The second-order valence-electron chi connectivity index (χ2n) is 5.98. The van der Waals surface area contributed by atoms with Gasteiger partial charge in [-0.15, -0.1) is 11.3 Å². The van der Waals surface area contributed by atoms with Gasteiger partial charge >= 0.3 is 0 Å². The molecule has 0 fully saturated rings. The molecule has 0 unspecified atom stereocenters. The second kappa shape index (κ2) is 4.62. The molecular formula is C20H16N2S. The van der Waals surface area contributed by atoms with Crippen LogP contribution in [-0.4, -0.2) is 9.97 Å². The van der Waals surface area contributed by atoms with Crippen LogP contribution in [0.4, 0.5) is 0 Å². The monoisotopic (exact) mass is 316 g/mol. The van der Waals surface area contributed by atoms with Gasteiger partial charge in [0.15, 0.2) is 0 Å². The van der Waals surface area contributed by atoms with E-state index in [-0.39, 0.29) is 0 Å². The lowest BCUT2D eigenvalue weighted by Crippen LogP contribution is -1.91. The van der Waals surface area contributed by atoms with Crippen molar-refractivity contribution in [1.29, 1.82) is 0 Å². The molecule has 0 saturated carbocycles. The van der Waals surface area contributed by atoms with Gasteiger partial charge in [-0.05, 0) is 18.2 Å². The summed E-state index contributed by atoms with van der Waals surface area (Å²) in [5, 5.41) is 2.58. The van der Waals surface area contributed by atoms with Gasteiger partial charge in [0.25, 0.3) is 0 Å². The number of fused-ring (bicyclic) bond motifs is 4. The van der Waals surface area contributed by atoms with Crippen molar-refractivity contribution in [2.75, 3.05) is 0 Å². The Bertz CT molecular complexity index is 1010. The number of hydrogen-bond acceptors (Lipinski definition) is 3. The molecule has 2 nitrogen and oxygen atoms in total. The van der Waals surface area contributed by atoms with Crippen LogP contribution in [0, 0.1) is 0 Å². The summed E-state index contributed by atoms with van der Waals surface area (Å²) < 4.78 is 0. The number of rotatable bonds is 2. The van der Waals surface area contributed by atoms with E-state index in [2.05, 4.69) is 50.2 Å². The van der Waals surface area contributed by atoms with Crippen LogP contribution in [-0.2, 0) is 12.8 Å². The minimum Gasteiger partial charge on any atom is -0.243 e. The minimum absolute atomic E-state index is 1.02. The van der Waals surface area contributed by atoms with Crippen LogP contribution in [0.2, 0.25) is 0 Å². The van der Waals surface area contributed by atoms with Crippen molar-refractivity contribution >= 4 is 33.1 Å². The Morgan fingerprint density at radius 3 is 1.78 bits per heavy atom. The van der Waals surface area contributed by atoms with E-state index < -0.39 is 0 Å². The van der Waals surface area contributed by atoms with Gasteiger partial charge in [-0.1, -0.05) is 50.2 Å². The van der Waals surface area contributed by atoms with E-state index in [9.17, 15) is 0 Å². The maximum atomic E-state index is 5.08. The number of hydrogen-bond donors (Lipinski definition) is 0. The summed E-state index contributed by atoms with van der Waals surface area (Å²) in [5.41, 5.74) is 6.79. The largest absolute Gasteiger partial charge is 0.243 e. The zero-order valence-electron chi connectivity index (χ0n) is 13.2. The van der Waals surface area contributed by atoms with Crippen LogP contribution in [0.5, 0.6) is 0 Å². The standard InChI is InChI=1S/C20H16N2S/c1-3-14-19-20(15(4-2)23-14)22-18-13-10-6-8-11-7-5-9-12(16(11)13)17(18)21-19/h5-10H,3-4H2,1-2H3. The van der Waals surface area contributed by atoms with Gasteiger partial charge in [0.05, 0.1) is 11.4 Å². The van der Waals surface area contributed by atoms with Gasteiger partial charge in [0.1, 0.15) is 11.0 Å². The molecule has 0 spiro atoms. The van der Waals surface area contributed by atoms with Gasteiger partial charge in [0, 0.05) is 26.3 Å². The fraction of sp³-hybridized carbons (Fsp3) is 0.200. The van der Waals surface area contributed by atoms with Gasteiger partial charge in [0.2, 0.25) is 0 Å². The van der Waals surface area contributed by atoms with E-state index in [1.165, 1.54) is 31.7 Å². The van der Waals surface area contributed by atoms with Crippen molar-refractivity contribution in [3.63, 3.8) is 0 Å². The van der Waals surface area contributed by atoms with Crippen molar-refractivity contribution in [3.05, 3.63) is 46.2 Å². The minimum atomic E-state index is 1.02. The normalized spacial score (nSPS) is 12.3. The van der Waals surface area contributed by atoms with E-state index in [0.717, 1.165) is 35.3 Å². The third-order valence-electron chi connectivity index (χ3n) is 4.73. The molecular weight excluding hydrogens is 300 g/mol. The first-order valence-corrected chi connectivity index (χ1v) is 8.98. The Kier molecular flexibility index (Phi) is 2.65. The molecule has 3 heteroatoms. The number of nitrogens with zero attached hydrogens (tertiary/aromatic N) is 2. The van der Waals surface area contributed by atoms with Crippen LogP contribution >= 0.6 is 11.3 Å². The summed E-state index contributed by atoms with van der Waals surface area (Å²) in [6, 6.07) is 12.9. The summed E-state index contributed by atoms with van der Waals surface area (Å²) in [6.45, 7) is 4.41. The average Bonchev–Trinajstić information content (AvgIpc) is 3.11. The lowest BCUT2D eigenvalue weighted by atomic mass is 10.0. The van der Waals surface area contributed by atoms with Crippen molar-refractivity contribution < 1.29 is 0 Å². The van der Waals surface area contributed by atoms with E-state index in [1.807, 2.05) is 11.3 Å². The molecule has 2 heterocycles. The van der Waals surface area contributed by atoms with Gasteiger partial charge in [-0.2, -0.15) is 0 Å². The first kappa shape index (κ1) is 13.2. The molecule has 0 amide bonds. The first-order valence-electron chi connectivity index (χ1n) is 8.16. The zero-order chi connectivity index (χ0) is 15.6. The van der Waals surface area contributed by atoms with Crippen LogP contribution < -0.4 is 0 Å². The molecule has 5 rings (SSSR count). The van der Waals surface area contributed by atoms with E-state index >= 15 is 0 Å². The third-order valence-corrected chi connectivity index (χ3v) is 6.18. The molecule has 1 aliphatic carbocycles. The second-order valence-corrected chi connectivity index (χ2v) is 7.17. The van der Waals surface area contributed by atoms with Gasteiger partial charge in [-0.3, -0.25) is 0 Å². The van der Waals surface area contributed by atoms with Crippen molar-refractivity contribution in [2.45, 2.75) is 26.7 Å². The Morgan fingerprint density at radius 1 is 0.783 bits per heavy atom. The molecule has 0 aliphatic heterocycles. The molecule has 0 atom stereocenters. The summed E-state index contributed by atoms with van der Waals surface area (Å²) in [4.78, 5) is 12.9. The van der Waals surface area contributed by atoms with Crippen molar-refractivity contribution in [3.8, 4) is 22.5 Å². The van der Waals surface area contributed by atoms with E-state index in [4.69, 9.17) is 9.97 Å². The highest BCUT2D eigenvalue weighted by molar-refractivity contribution is 7.13. The molecule has 0 saturated heterocycles. The fourth-order valence-electron chi connectivity index (χ4n) is 3.66. The lowest BCUT2D eigenvalue weighted by molar-refractivity contribution is 1.17. The lowest BCUT2D eigenvalue weighted by Gasteiger charge is -2.02. The molecule has 0 bridgehead atoms. The van der Waals surface area contributed by atoms with E-state index in [0.29, 0.717) is 0 Å². The summed E-state index contributed by atoms with van der Waals surface area (Å²) in [7, 11) is 0.